The Hall–Kier alpha value is -3.00. The van der Waals surface area contributed by atoms with E-state index in [1.54, 1.807) is 24.4 Å². The summed E-state index contributed by atoms with van der Waals surface area (Å²) in [6.45, 7) is 4.32. The van der Waals surface area contributed by atoms with Crippen molar-refractivity contribution in [3.63, 3.8) is 0 Å². The molecule has 2 heterocycles. The van der Waals surface area contributed by atoms with E-state index in [0.29, 0.717) is 11.3 Å². The summed E-state index contributed by atoms with van der Waals surface area (Å²) in [6, 6.07) is 20.8. The van der Waals surface area contributed by atoms with Gasteiger partial charge in [0.25, 0.3) is 0 Å². The minimum Gasteiger partial charge on any atom is -0.379 e. The first kappa shape index (κ1) is 24.1. The molecule has 6 nitrogen and oxygen atoms in total. The third kappa shape index (κ3) is 7.25. The van der Waals surface area contributed by atoms with Crippen LogP contribution in [0.25, 0.3) is 12.2 Å². The predicted molar refractivity (Wildman–Crippen MR) is 138 cm³/mol. The Morgan fingerprint density at radius 1 is 0.912 bits per heavy atom. The second kappa shape index (κ2) is 11.9. The average Bonchev–Trinajstić information content (AvgIpc) is 2.88. The highest BCUT2D eigenvalue weighted by Gasteiger charge is 2.16. The van der Waals surface area contributed by atoms with Gasteiger partial charge in [0.2, 0.25) is 0 Å². The van der Waals surface area contributed by atoms with Crippen LogP contribution in [-0.4, -0.2) is 56.9 Å². The third-order valence-corrected chi connectivity index (χ3v) is 7.57. The molecule has 0 bridgehead atoms. The summed E-state index contributed by atoms with van der Waals surface area (Å²) in [4.78, 5) is 6.98. The Bertz CT molecular complexity index is 1170. The maximum atomic E-state index is 12.8. The Morgan fingerprint density at radius 2 is 1.74 bits per heavy atom. The molecule has 1 aromatic heterocycles. The van der Waals surface area contributed by atoms with Crippen molar-refractivity contribution in [3.05, 3.63) is 84.2 Å². The smallest absolute Gasteiger partial charge is 0.178 e. The number of nitrogens with one attached hydrogen (secondary N) is 1. The summed E-state index contributed by atoms with van der Waals surface area (Å²) in [5.74, 6) is 0.165. The van der Waals surface area contributed by atoms with E-state index in [-0.39, 0.29) is 5.75 Å². The van der Waals surface area contributed by atoms with E-state index in [1.807, 2.05) is 60.7 Å². The van der Waals surface area contributed by atoms with E-state index in [4.69, 9.17) is 4.74 Å². The second-order valence-corrected chi connectivity index (χ2v) is 10.5. The lowest BCUT2D eigenvalue weighted by Crippen LogP contribution is -2.36. The van der Waals surface area contributed by atoms with Gasteiger partial charge in [-0.05, 0) is 73.5 Å². The fraction of sp³-hybridized carbons (Fsp3) is 0.296. The van der Waals surface area contributed by atoms with Crippen molar-refractivity contribution >= 4 is 33.4 Å². The van der Waals surface area contributed by atoms with Gasteiger partial charge in [-0.25, -0.2) is 8.42 Å². The number of benzene rings is 2. The average molecular weight is 478 g/mol. The molecule has 4 rings (SSSR count). The first-order valence-corrected chi connectivity index (χ1v) is 13.3. The van der Waals surface area contributed by atoms with E-state index in [1.165, 1.54) is 0 Å². The summed E-state index contributed by atoms with van der Waals surface area (Å²) in [5, 5.41) is 3.31. The van der Waals surface area contributed by atoms with Gasteiger partial charge in [-0.15, -0.1) is 0 Å². The van der Waals surface area contributed by atoms with Gasteiger partial charge in [-0.1, -0.05) is 30.3 Å². The normalized spacial score (nSPS) is 14.9. The van der Waals surface area contributed by atoms with Gasteiger partial charge >= 0.3 is 0 Å². The van der Waals surface area contributed by atoms with Gasteiger partial charge in [0.15, 0.2) is 9.84 Å². The first-order valence-electron chi connectivity index (χ1n) is 11.7. The standard InChI is InChI=1S/C27H31N3O3S/c31-34(32,21-4-3-16-30-17-19-33-20-18-30)27-8-5-7-26(22-27)29-25-13-10-23(11-14-25)9-12-24-6-1-2-15-28-24/h1-2,5-15,22,29H,3-4,16-21H2/b12-9+. The number of sulfone groups is 1. The van der Waals surface area contributed by atoms with Gasteiger partial charge in [0, 0.05) is 30.7 Å². The molecule has 0 atom stereocenters. The van der Waals surface area contributed by atoms with E-state index in [0.717, 1.165) is 61.9 Å². The van der Waals surface area contributed by atoms with Crippen LogP contribution in [0.5, 0.6) is 0 Å². The number of rotatable bonds is 10. The van der Waals surface area contributed by atoms with Crippen LogP contribution in [0.2, 0.25) is 0 Å². The molecule has 1 fully saturated rings. The second-order valence-electron chi connectivity index (χ2n) is 8.34. The van der Waals surface area contributed by atoms with Crippen molar-refractivity contribution in [1.29, 1.82) is 0 Å². The summed E-state index contributed by atoms with van der Waals surface area (Å²) >= 11 is 0. The Balaban J connectivity index is 1.31. The summed E-state index contributed by atoms with van der Waals surface area (Å²) < 4.78 is 31.1. The van der Waals surface area contributed by atoms with E-state index in [2.05, 4.69) is 15.2 Å². The van der Waals surface area contributed by atoms with Crippen LogP contribution in [0, 0.1) is 0 Å². The van der Waals surface area contributed by atoms with Crippen molar-refractivity contribution in [1.82, 2.24) is 9.88 Å². The van der Waals surface area contributed by atoms with Crippen LogP contribution < -0.4 is 5.32 Å². The maximum Gasteiger partial charge on any atom is 0.178 e. The lowest BCUT2D eigenvalue weighted by atomic mass is 10.1. The summed E-state index contributed by atoms with van der Waals surface area (Å²) in [5.41, 5.74) is 3.62. The maximum absolute atomic E-state index is 12.8. The molecule has 1 N–H and O–H groups in total. The van der Waals surface area contributed by atoms with Crippen molar-refractivity contribution in [2.45, 2.75) is 17.7 Å². The molecule has 0 amide bonds. The fourth-order valence-electron chi connectivity index (χ4n) is 3.84. The summed E-state index contributed by atoms with van der Waals surface area (Å²) in [6.07, 6.45) is 7.28. The number of aromatic nitrogens is 1. The van der Waals surface area contributed by atoms with E-state index < -0.39 is 9.84 Å². The van der Waals surface area contributed by atoms with Gasteiger partial charge in [-0.3, -0.25) is 9.88 Å². The van der Waals surface area contributed by atoms with Crippen LogP contribution in [0.3, 0.4) is 0 Å². The Labute approximate surface area is 202 Å². The van der Waals surface area contributed by atoms with E-state index >= 15 is 0 Å². The van der Waals surface area contributed by atoms with Crippen LogP contribution in [0.4, 0.5) is 11.4 Å². The molecule has 0 radical (unpaired) electrons. The quantitative estimate of drug-likeness (QED) is 0.420. The topological polar surface area (TPSA) is 71.5 Å². The molecule has 1 saturated heterocycles. The van der Waals surface area contributed by atoms with Gasteiger partial charge < -0.3 is 10.1 Å². The Kier molecular flexibility index (Phi) is 8.46. The molecule has 1 aliphatic rings. The number of hydrogen-bond acceptors (Lipinski definition) is 6. The zero-order valence-electron chi connectivity index (χ0n) is 19.3. The lowest BCUT2D eigenvalue weighted by molar-refractivity contribution is 0.0373. The number of nitrogens with zero attached hydrogens (tertiary/aromatic N) is 2. The minimum absolute atomic E-state index is 0.165. The predicted octanol–water partition coefficient (Wildman–Crippen LogP) is 4.88. The van der Waals surface area contributed by atoms with Crippen LogP contribution in [0.1, 0.15) is 24.1 Å². The van der Waals surface area contributed by atoms with Gasteiger partial charge in [-0.2, -0.15) is 0 Å². The third-order valence-electron chi connectivity index (χ3n) is 5.77. The highest BCUT2D eigenvalue weighted by molar-refractivity contribution is 7.91. The van der Waals surface area contributed by atoms with Crippen LogP contribution in [-0.2, 0) is 14.6 Å². The molecule has 0 aliphatic carbocycles. The Morgan fingerprint density at radius 3 is 2.50 bits per heavy atom. The zero-order chi connectivity index (χ0) is 23.6. The number of morpholine rings is 1. The first-order chi connectivity index (χ1) is 16.6. The molecule has 34 heavy (non-hydrogen) atoms. The van der Waals surface area contributed by atoms with Gasteiger partial charge in [0.1, 0.15) is 0 Å². The highest BCUT2D eigenvalue weighted by Crippen LogP contribution is 2.22. The minimum atomic E-state index is -3.32. The molecular weight excluding hydrogens is 446 g/mol. The van der Waals surface area contributed by atoms with Crippen LogP contribution in [0.15, 0.2) is 77.8 Å². The molecule has 3 aromatic rings. The number of pyridine rings is 1. The number of anilines is 2. The highest BCUT2D eigenvalue weighted by atomic mass is 32.2. The molecule has 7 heteroatoms. The fourth-order valence-corrected chi connectivity index (χ4v) is 5.25. The van der Waals surface area contributed by atoms with Crippen molar-refractivity contribution in [2.75, 3.05) is 43.9 Å². The molecule has 1 aliphatic heterocycles. The molecule has 2 aromatic carbocycles. The molecular formula is C27H31N3O3S. The number of unbranched alkanes of at least 4 members (excludes halogenated alkanes) is 1. The van der Waals surface area contributed by atoms with Crippen molar-refractivity contribution < 1.29 is 13.2 Å². The van der Waals surface area contributed by atoms with Crippen molar-refractivity contribution in [3.8, 4) is 0 Å². The molecule has 0 spiro atoms. The number of ether oxygens (including phenoxy) is 1. The summed E-state index contributed by atoms with van der Waals surface area (Å²) in [7, 11) is -3.32. The van der Waals surface area contributed by atoms with Gasteiger partial charge in [0.05, 0.1) is 29.6 Å². The van der Waals surface area contributed by atoms with Crippen LogP contribution >= 0.6 is 0 Å². The largest absolute Gasteiger partial charge is 0.379 e. The van der Waals surface area contributed by atoms with E-state index in [9.17, 15) is 8.42 Å². The SMILES string of the molecule is O=S(=O)(CCCCN1CCOCC1)c1cccc(Nc2ccc(/C=C/c3ccccn3)cc2)c1. The molecule has 0 saturated carbocycles. The molecule has 0 unspecified atom stereocenters. The van der Waals surface area contributed by atoms with Crippen molar-refractivity contribution in [2.24, 2.45) is 0 Å². The molecule has 178 valence electrons. The number of hydrogen-bond donors (Lipinski definition) is 1. The zero-order valence-corrected chi connectivity index (χ0v) is 20.1. The lowest BCUT2D eigenvalue weighted by Gasteiger charge is -2.26. The monoisotopic (exact) mass is 477 g/mol.